The van der Waals surface area contributed by atoms with Gasteiger partial charge in [-0.15, -0.1) is 0 Å². The molecule has 0 spiro atoms. The summed E-state index contributed by atoms with van der Waals surface area (Å²) in [4.78, 5) is 4.30. The number of aromatic nitrogens is 4. The summed E-state index contributed by atoms with van der Waals surface area (Å²) in [5.74, 6) is 1.12. The van der Waals surface area contributed by atoms with Crippen molar-refractivity contribution >= 4 is 5.82 Å². The quantitative estimate of drug-likeness (QED) is 0.823. The smallest absolute Gasteiger partial charge is 0.149 e. The number of hydrogen-bond acceptors (Lipinski definition) is 3. The van der Waals surface area contributed by atoms with Crippen molar-refractivity contribution < 1.29 is 0 Å². The number of nitrogen functional groups attached to an aromatic ring is 1. The first-order valence-electron chi connectivity index (χ1n) is 5.39. The van der Waals surface area contributed by atoms with Crippen molar-refractivity contribution in [2.24, 2.45) is 13.0 Å². The molecule has 0 bridgehead atoms. The highest BCUT2D eigenvalue weighted by Crippen LogP contribution is 2.25. The first-order chi connectivity index (χ1) is 7.58. The maximum Gasteiger partial charge on any atom is 0.149 e. The number of imidazole rings is 1. The van der Waals surface area contributed by atoms with Crippen LogP contribution in [0.4, 0.5) is 5.82 Å². The molecule has 0 radical (unpaired) electrons. The van der Waals surface area contributed by atoms with Crippen molar-refractivity contribution in [2.75, 3.05) is 5.73 Å². The van der Waals surface area contributed by atoms with Crippen LogP contribution in [0.5, 0.6) is 0 Å². The molecule has 0 amide bonds. The molecule has 0 fully saturated rings. The highest BCUT2D eigenvalue weighted by molar-refractivity contribution is 5.64. The summed E-state index contributed by atoms with van der Waals surface area (Å²) in [5, 5.41) is 7.02. The van der Waals surface area contributed by atoms with E-state index < -0.39 is 0 Å². The number of nitrogens with two attached hydrogens (primary N) is 1. The van der Waals surface area contributed by atoms with Gasteiger partial charge in [-0.2, -0.15) is 5.10 Å². The van der Waals surface area contributed by atoms with Gasteiger partial charge in [0, 0.05) is 18.8 Å². The molecule has 2 rings (SSSR count). The third kappa shape index (κ3) is 1.93. The predicted octanol–water partition coefficient (Wildman–Crippen LogP) is 1.59. The average Bonchev–Trinajstić information content (AvgIpc) is 2.75. The normalized spacial score (nSPS) is 11.2. The van der Waals surface area contributed by atoms with Gasteiger partial charge in [0.05, 0.1) is 12.0 Å². The fourth-order valence-electron chi connectivity index (χ4n) is 1.75. The van der Waals surface area contributed by atoms with Gasteiger partial charge in [-0.25, -0.2) is 4.98 Å². The number of rotatable bonds is 3. The van der Waals surface area contributed by atoms with Crippen molar-refractivity contribution in [1.82, 2.24) is 19.7 Å². The van der Waals surface area contributed by atoms with Gasteiger partial charge in [-0.05, 0) is 12.3 Å². The van der Waals surface area contributed by atoms with E-state index in [0.717, 1.165) is 23.4 Å². The number of aryl methyl sites for hydroxylation is 1. The third-order valence-electron chi connectivity index (χ3n) is 2.47. The van der Waals surface area contributed by atoms with E-state index in [-0.39, 0.29) is 0 Å². The zero-order chi connectivity index (χ0) is 11.7. The molecule has 0 atom stereocenters. The molecule has 0 aromatic carbocycles. The Bertz CT molecular complexity index is 480. The minimum absolute atomic E-state index is 0.544. The lowest BCUT2D eigenvalue weighted by atomic mass is 10.0. The SMILES string of the molecule is CC(C)Cc1c(N)n[nH]c1-c1cn(C)cn1. The summed E-state index contributed by atoms with van der Waals surface area (Å²) in [7, 11) is 1.94. The third-order valence-corrected chi connectivity index (χ3v) is 2.47. The first kappa shape index (κ1) is 10.7. The van der Waals surface area contributed by atoms with Gasteiger partial charge in [-0.3, -0.25) is 5.10 Å². The molecule has 3 N–H and O–H groups in total. The zero-order valence-electron chi connectivity index (χ0n) is 9.86. The Hall–Kier alpha value is -1.78. The molecular formula is C11H17N5. The topological polar surface area (TPSA) is 72.5 Å². The maximum absolute atomic E-state index is 5.86. The van der Waals surface area contributed by atoms with Crippen LogP contribution in [0, 0.1) is 5.92 Å². The van der Waals surface area contributed by atoms with Gasteiger partial charge in [0.25, 0.3) is 0 Å². The van der Waals surface area contributed by atoms with Crippen molar-refractivity contribution in [3.05, 3.63) is 18.1 Å². The van der Waals surface area contributed by atoms with Gasteiger partial charge in [0.15, 0.2) is 0 Å². The van der Waals surface area contributed by atoms with Gasteiger partial charge in [0.1, 0.15) is 11.5 Å². The molecule has 0 aliphatic rings. The Morgan fingerprint density at radius 1 is 1.50 bits per heavy atom. The van der Waals surface area contributed by atoms with E-state index in [9.17, 15) is 0 Å². The van der Waals surface area contributed by atoms with Gasteiger partial charge >= 0.3 is 0 Å². The van der Waals surface area contributed by atoms with Crippen LogP contribution in [0.3, 0.4) is 0 Å². The number of aromatic amines is 1. The van der Waals surface area contributed by atoms with E-state index >= 15 is 0 Å². The molecule has 2 aromatic rings. The summed E-state index contributed by atoms with van der Waals surface area (Å²) in [6.07, 6.45) is 4.64. The second-order valence-electron chi connectivity index (χ2n) is 4.48. The van der Waals surface area contributed by atoms with Crippen LogP contribution >= 0.6 is 0 Å². The molecule has 0 saturated heterocycles. The molecule has 0 unspecified atom stereocenters. The van der Waals surface area contributed by atoms with Crippen molar-refractivity contribution in [3.63, 3.8) is 0 Å². The minimum atomic E-state index is 0.544. The van der Waals surface area contributed by atoms with E-state index in [1.165, 1.54) is 0 Å². The Kier molecular flexibility index (Phi) is 2.68. The molecule has 0 aliphatic carbocycles. The highest BCUT2D eigenvalue weighted by atomic mass is 15.2. The molecule has 0 saturated carbocycles. The predicted molar refractivity (Wildman–Crippen MR) is 63.7 cm³/mol. The lowest BCUT2D eigenvalue weighted by Gasteiger charge is -2.04. The molecule has 2 aromatic heterocycles. The lowest BCUT2D eigenvalue weighted by molar-refractivity contribution is 0.649. The monoisotopic (exact) mass is 219 g/mol. The van der Waals surface area contributed by atoms with Crippen molar-refractivity contribution in [1.29, 1.82) is 0 Å². The summed E-state index contributed by atoms with van der Waals surface area (Å²) in [5.41, 5.74) is 8.75. The fraction of sp³-hybridized carbons (Fsp3) is 0.455. The molecule has 0 aliphatic heterocycles. The van der Waals surface area contributed by atoms with E-state index in [1.54, 1.807) is 6.33 Å². The molecule has 86 valence electrons. The molecule has 5 nitrogen and oxygen atoms in total. The van der Waals surface area contributed by atoms with Crippen LogP contribution in [0.25, 0.3) is 11.4 Å². The highest BCUT2D eigenvalue weighted by Gasteiger charge is 2.15. The number of nitrogens with one attached hydrogen (secondary N) is 1. The average molecular weight is 219 g/mol. The van der Waals surface area contributed by atoms with E-state index in [4.69, 9.17) is 5.73 Å². The van der Waals surface area contributed by atoms with Crippen molar-refractivity contribution in [3.8, 4) is 11.4 Å². The zero-order valence-corrected chi connectivity index (χ0v) is 9.86. The van der Waals surface area contributed by atoms with Gasteiger partial charge < -0.3 is 10.3 Å². The number of hydrogen-bond donors (Lipinski definition) is 2. The summed E-state index contributed by atoms with van der Waals surface area (Å²) >= 11 is 0. The van der Waals surface area contributed by atoms with E-state index in [2.05, 4.69) is 29.0 Å². The van der Waals surface area contributed by atoms with Crippen LogP contribution in [0.2, 0.25) is 0 Å². The second kappa shape index (κ2) is 4.00. The van der Waals surface area contributed by atoms with Crippen molar-refractivity contribution in [2.45, 2.75) is 20.3 Å². The number of nitrogens with zero attached hydrogens (tertiary/aromatic N) is 3. The fourth-order valence-corrected chi connectivity index (χ4v) is 1.75. The second-order valence-corrected chi connectivity index (χ2v) is 4.48. The summed E-state index contributed by atoms with van der Waals surface area (Å²) < 4.78 is 1.91. The van der Waals surface area contributed by atoms with Crippen LogP contribution in [0.1, 0.15) is 19.4 Å². The largest absolute Gasteiger partial charge is 0.382 e. The Balaban J connectivity index is 2.41. The maximum atomic E-state index is 5.86. The molecular weight excluding hydrogens is 202 g/mol. The van der Waals surface area contributed by atoms with E-state index in [0.29, 0.717) is 11.7 Å². The molecule has 2 heterocycles. The Morgan fingerprint density at radius 3 is 2.81 bits per heavy atom. The number of H-pyrrole nitrogens is 1. The van der Waals surface area contributed by atoms with Crippen LogP contribution in [-0.4, -0.2) is 19.7 Å². The van der Waals surface area contributed by atoms with Crippen LogP contribution < -0.4 is 5.73 Å². The van der Waals surface area contributed by atoms with Gasteiger partial charge in [0.2, 0.25) is 0 Å². The number of anilines is 1. The summed E-state index contributed by atoms with van der Waals surface area (Å²) in [6, 6.07) is 0. The molecule has 5 heteroatoms. The van der Waals surface area contributed by atoms with E-state index in [1.807, 2.05) is 17.8 Å². The molecule has 16 heavy (non-hydrogen) atoms. The van der Waals surface area contributed by atoms with Crippen LogP contribution in [0.15, 0.2) is 12.5 Å². The van der Waals surface area contributed by atoms with Gasteiger partial charge in [-0.1, -0.05) is 13.8 Å². The van der Waals surface area contributed by atoms with Crippen LogP contribution in [-0.2, 0) is 13.5 Å². The standard InChI is InChI=1S/C11H17N5/c1-7(2)4-8-10(14-15-11(8)12)9-5-16(3)6-13-9/h5-7H,4H2,1-3H3,(H3,12,14,15). The first-order valence-corrected chi connectivity index (χ1v) is 5.39. The Labute approximate surface area is 94.7 Å². The Morgan fingerprint density at radius 2 is 2.25 bits per heavy atom. The lowest BCUT2D eigenvalue weighted by Crippen LogP contribution is -1.99. The minimum Gasteiger partial charge on any atom is -0.382 e. The summed E-state index contributed by atoms with van der Waals surface area (Å²) in [6.45, 7) is 4.32.